The Labute approximate surface area is 70.6 Å². The summed E-state index contributed by atoms with van der Waals surface area (Å²) in [6.07, 6.45) is 0.926. The Hall–Kier alpha value is -0.450. The Kier molecular flexibility index (Phi) is 2.99. The highest BCUT2D eigenvalue weighted by molar-refractivity contribution is 7.11. The number of nitrogens with zero attached hydrogens (tertiary/aromatic N) is 1. The molecule has 62 valence electrons. The van der Waals surface area contributed by atoms with Gasteiger partial charge in [0.05, 0.1) is 10.7 Å². The Balaban J connectivity index is 2.58. The SMILES string of the molecule is Cc1nc(CCNN)sc1C. The molecule has 3 nitrogen and oxygen atoms in total. The smallest absolute Gasteiger partial charge is 0.0944 e. The number of aromatic nitrogens is 1. The summed E-state index contributed by atoms with van der Waals surface area (Å²) in [4.78, 5) is 5.67. The highest BCUT2D eigenvalue weighted by Gasteiger charge is 2.01. The van der Waals surface area contributed by atoms with Crippen LogP contribution < -0.4 is 11.3 Å². The minimum absolute atomic E-state index is 0.798. The molecule has 0 unspecified atom stereocenters. The van der Waals surface area contributed by atoms with E-state index in [-0.39, 0.29) is 0 Å². The number of nitrogens with two attached hydrogens (primary N) is 1. The van der Waals surface area contributed by atoms with Gasteiger partial charge < -0.3 is 0 Å². The van der Waals surface area contributed by atoms with E-state index in [0.29, 0.717) is 0 Å². The van der Waals surface area contributed by atoms with Crippen LogP contribution in [0.1, 0.15) is 15.6 Å². The molecule has 11 heavy (non-hydrogen) atoms. The van der Waals surface area contributed by atoms with Crippen molar-refractivity contribution in [2.24, 2.45) is 5.84 Å². The van der Waals surface area contributed by atoms with Crippen molar-refractivity contribution in [1.82, 2.24) is 10.4 Å². The normalized spacial score (nSPS) is 10.5. The monoisotopic (exact) mass is 171 g/mol. The van der Waals surface area contributed by atoms with Crippen molar-refractivity contribution in [1.29, 1.82) is 0 Å². The molecule has 0 spiro atoms. The Morgan fingerprint density at radius 3 is 2.73 bits per heavy atom. The van der Waals surface area contributed by atoms with Crippen molar-refractivity contribution >= 4 is 11.3 Å². The number of thiazole rings is 1. The molecule has 0 aliphatic heterocycles. The van der Waals surface area contributed by atoms with Crippen LogP contribution in [0.2, 0.25) is 0 Å². The van der Waals surface area contributed by atoms with Crippen LogP contribution in [0.15, 0.2) is 0 Å². The van der Waals surface area contributed by atoms with E-state index in [4.69, 9.17) is 5.84 Å². The summed E-state index contributed by atoms with van der Waals surface area (Å²) >= 11 is 1.75. The summed E-state index contributed by atoms with van der Waals surface area (Å²) in [5.41, 5.74) is 3.75. The van der Waals surface area contributed by atoms with Gasteiger partial charge in [-0.15, -0.1) is 11.3 Å². The van der Waals surface area contributed by atoms with Crippen molar-refractivity contribution in [3.8, 4) is 0 Å². The van der Waals surface area contributed by atoms with E-state index >= 15 is 0 Å². The molecule has 0 bridgehead atoms. The summed E-state index contributed by atoms with van der Waals surface area (Å²) in [6, 6.07) is 0. The second-order valence-corrected chi connectivity index (χ2v) is 3.74. The molecule has 1 aromatic rings. The highest BCUT2D eigenvalue weighted by atomic mass is 32.1. The van der Waals surface area contributed by atoms with Crippen LogP contribution in [0.3, 0.4) is 0 Å². The van der Waals surface area contributed by atoms with Crippen molar-refractivity contribution in [3.05, 3.63) is 15.6 Å². The predicted octanol–water partition coefficient (Wildman–Crippen LogP) is 0.766. The number of aryl methyl sites for hydroxylation is 2. The number of nitrogens with one attached hydrogen (secondary N) is 1. The fraction of sp³-hybridized carbons (Fsp3) is 0.571. The second kappa shape index (κ2) is 3.80. The first kappa shape index (κ1) is 8.64. The Morgan fingerprint density at radius 2 is 2.27 bits per heavy atom. The maximum Gasteiger partial charge on any atom is 0.0944 e. The van der Waals surface area contributed by atoms with Gasteiger partial charge in [0.15, 0.2) is 0 Å². The first-order chi connectivity index (χ1) is 5.24. The molecule has 1 rings (SSSR count). The number of rotatable bonds is 3. The molecule has 0 amide bonds. The molecule has 0 aliphatic carbocycles. The maximum absolute atomic E-state index is 5.15. The van der Waals surface area contributed by atoms with Gasteiger partial charge in [-0.25, -0.2) is 4.98 Å². The standard InChI is InChI=1S/C7H13N3S/c1-5-6(2)11-7(10-5)3-4-9-8/h9H,3-4,8H2,1-2H3. The van der Waals surface area contributed by atoms with Crippen molar-refractivity contribution in [3.63, 3.8) is 0 Å². The second-order valence-electron chi connectivity index (χ2n) is 2.45. The zero-order valence-electron chi connectivity index (χ0n) is 6.85. The molecular formula is C7H13N3S. The number of hydrazine groups is 1. The lowest BCUT2D eigenvalue weighted by Gasteiger charge is -1.92. The molecule has 0 aromatic carbocycles. The first-order valence-electron chi connectivity index (χ1n) is 3.60. The van der Waals surface area contributed by atoms with Gasteiger partial charge in [0.25, 0.3) is 0 Å². The average Bonchev–Trinajstić information content (AvgIpc) is 2.28. The molecular weight excluding hydrogens is 158 g/mol. The zero-order chi connectivity index (χ0) is 8.27. The molecule has 1 heterocycles. The van der Waals surface area contributed by atoms with Gasteiger partial charge in [-0.05, 0) is 13.8 Å². The number of hydrogen-bond donors (Lipinski definition) is 2. The van der Waals surface area contributed by atoms with Crippen LogP contribution in [0.25, 0.3) is 0 Å². The minimum Gasteiger partial charge on any atom is -0.271 e. The highest BCUT2D eigenvalue weighted by Crippen LogP contribution is 2.16. The molecule has 1 aromatic heterocycles. The zero-order valence-corrected chi connectivity index (χ0v) is 7.66. The summed E-state index contributed by atoms with van der Waals surface area (Å²) in [7, 11) is 0. The van der Waals surface area contributed by atoms with E-state index in [0.717, 1.165) is 23.7 Å². The lowest BCUT2D eigenvalue weighted by molar-refractivity contribution is 0.725. The fourth-order valence-electron chi connectivity index (χ4n) is 0.825. The van der Waals surface area contributed by atoms with Gasteiger partial charge >= 0.3 is 0 Å². The third-order valence-corrected chi connectivity index (χ3v) is 2.69. The van der Waals surface area contributed by atoms with Crippen molar-refractivity contribution in [2.75, 3.05) is 6.54 Å². The predicted molar refractivity (Wildman–Crippen MR) is 47.5 cm³/mol. The lowest BCUT2D eigenvalue weighted by Crippen LogP contribution is -2.24. The van der Waals surface area contributed by atoms with Gasteiger partial charge in [0, 0.05) is 17.8 Å². The van der Waals surface area contributed by atoms with E-state index in [2.05, 4.69) is 17.3 Å². The molecule has 0 fully saturated rings. The van der Waals surface area contributed by atoms with Crippen LogP contribution in [0.5, 0.6) is 0 Å². The number of hydrogen-bond acceptors (Lipinski definition) is 4. The quantitative estimate of drug-likeness (QED) is 0.521. The van der Waals surface area contributed by atoms with Gasteiger partial charge in [0.2, 0.25) is 0 Å². The largest absolute Gasteiger partial charge is 0.271 e. The van der Waals surface area contributed by atoms with E-state index in [1.807, 2.05) is 6.92 Å². The maximum atomic E-state index is 5.15. The van der Waals surface area contributed by atoms with Gasteiger partial charge in [-0.3, -0.25) is 11.3 Å². The van der Waals surface area contributed by atoms with Crippen molar-refractivity contribution in [2.45, 2.75) is 20.3 Å². The lowest BCUT2D eigenvalue weighted by atomic mass is 10.4. The molecule has 3 N–H and O–H groups in total. The molecule has 0 radical (unpaired) electrons. The molecule has 0 atom stereocenters. The summed E-state index contributed by atoms with van der Waals surface area (Å²) in [6.45, 7) is 4.92. The van der Waals surface area contributed by atoms with Gasteiger partial charge in [-0.1, -0.05) is 0 Å². The Bertz CT molecular complexity index is 212. The molecule has 0 aliphatic rings. The van der Waals surface area contributed by atoms with E-state index < -0.39 is 0 Å². The minimum atomic E-state index is 0.798. The van der Waals surface area contributed by atoms with Crippen LogP contribution >= 0.6 is 11.3 Å². The van der Waals surface area contributed by atoms with Gasteiger partial charge in [0.1, 0.15) is 0 Å². The van der Waals surface area contributed by atoms with Crippen LogP contribution in [0.4, 0.5) is 0 Å². The molecule has 4 heteroatoms. The van der Waals surface area contributed by atoms with E-state index in [1.165, 1.54) is 4.88 Å². The van der Waals surface area contributed by atoms with Crippen molar-refractivity contribution < 1.29 is 0 Å². The summed E-state index contributed by atoms with van der Waals surface area (Å²) < 4.78 is 0. The first-order valence-corrected chi connectivity index (χ1v) is 4.42. The third-order valence-electron chi connectivity index (χ3n) is 1.56. The fourth-order valence-corrected chi connectivity index (χ4v) is 1.76. The summed E-state index contributed by atoms with van der Waals surface area (Å²) in [5.74, 6) is 5.15. The van der Waals surface area contributed by atoms with E-state index in [9.17, 15) is 0 Å². The Morgan fingerprint density at radius 1 is 1.55 bits per heavy atom. The molecule has 0 saturated carbocycles. The third kappa shape index (κ3) is 2.25. The van der Waals surface area contributed by atoms with Crippen LogP contribution in [-0.2, 0) is 6.42 Å². The van der Waals surface area contributed by atoms with E-state index in [1.54, 1.807) is 11.3 Å². The average molecular weight is 171 g/mol. The van der Waals surface area contributed by atoms with Crippen LogP contribution in [0, 0.1) is 13.8 Å². The van der Waals surface area contributed by atoms with Crippen LogP contribution in [-0.4, -0.2) is 11.5 Å². The molecule has 0 saturated heterocycles. The summed E-state index contributed by atoms with van der Waals surface area (Å²) in [5, 5.41) is 1.16. The topological polar surface area (TPSA) is 50.9 Å². The van der Waals surface area contributed by atoms with Gasteiger partial charge in [-0.2, -0.15) is 0 Å².